The van der Waals surface area contributed by atoms with Crippen molar-refractivity contribution in [2.75, 3.05) is 32.6 Å². The molecule has 7 heteroatoms. The number of hydrogen-bond acceptors (Lipinski definition) is 6. The first kappa shape index (κ1) is 26.8. The van der Waals surface area contributed by atoms with Crippen LogP contribution in [-0.4, -0.2) is 55.6 Å². The van der Waals surface area contributed by atoms with Crippen LogP contribution in [0.5, 0.6) is 11.5 Å². The van der Waals surface area contributed by atoms with Gasteiger partial charge < -0.3 is 24.4 Å². The number of ketones is 1. The number of carbonyl (C=O) groups is 2. The number of likely N-dealkylation sites (tertiary alicyclic amines) is 1. The van der Waals surface area contributed by atoms with Gasteiger partial charge in [-0.2, -0.15) is 0 Å². The normalized spacial score (nSPS) is 16.7. The van der Waals surface area contributed by atoms with E-state index < -0.39 is 17.7 Å². The molecule has 38 heavy (non-hydrogen) atoms. The lowest BCUT2D eigenvalue weighted by atomic mass is 9.95. The zero-order valence-corrected chi connectivity index (χ0v) is 22.5. The number of Topliss-reactive ketones (excluding diaryl/α,β-unsaturated/α-hetero) is 1. The fourth-order valence-corrected chi connectivity index (χ4v) is 4.60. The summed E-state index contributed by atoms with van der Waals surface area (Å²) in [5.41, 5.74) is 3.24. The quantitative estimate of drug-likeness (QED) is 0.240. The number of carbonyl (C=O) groups excluding carboxylic acids is 2. The third-order valence-electron chi connectivity index (χ3n) is 6.54. The number of rotatable bonds is 9. The Balaban J connectivity index is 1.75. The Bertz CT molecular complexity index is 1330. The predicted molar refractivity (Wildman–Crippen MR) is 149 cm³/mol. The van der Waals surface area contributed by atoms with E-state index in [4.69, 9.17) is 9.47 Å². The number of anilines is 1. The van der Waals surface area contributed by atoms with Gasteiger partial charge in [-0.1, -0.05) is 36.4 Å². The molecule has 3 aromatic rings. The largest absolute Gasteiger partial charge is 0.507 e. The highest BCUT2D eigenvalue weighted by Crippen LogP contribution is 2.40. The highest BCUT2D eigenvalue weighted by Gasteiger charge is 2.45. The number of nitrogens with zero attached hydrogens (tertiary/aromatic N) is 2. The molecule has 198 valence electrons. The van der Waals surface area contributed by atoms with Crippen molar-refractivity contribution in [2.45, 2.75) is 32.4 Å². The molecule has 1 aliphatic heterocycles. The molecule has 0 bridgehead atoms. The summed E-state index contributed by atoms with van der Waals surface area (Å²) in [6, 6.07) is 21.5. The molecule has 3 aromatic carbocycles. The zero-order chi connectivity index (χ0) is 27.4. The van der Waals surface area contributed by atoms with E-state index in [0.29, 0.717) is 24.3 Å². The highest BCUT2D eigenvalue weighted by atomic mass is 16.5. The maximum atomic E-state index is 13.4. The molecule has 1 aliphatic rings. The molecule has 0 aromatic heterocycles. The zero-order valence-electron chi connectivity index (χ0n) is 22.5. The lowest BCUT2D eigenvalue weighted by Gasteiger charge is -2.26. The fourth-order valence-electron chi connectivity index (χ4n) is 4.60. The van der Waals surface area contributed by atoms with E-state index in [9.17, 15) is 14.7 Å². The number of benzene rings is 3. The third kappa shape index (κ3) is 5.67. The molecule has 1 N–H and O–H groups in total. The van der Waals surface area contributed by atoms with E-state index in [-0.39, 0.29) is 17.4 Å². The van der Waals surface area contributed by atoms with Crippen molar-refractivity contribution < 1.29 is 24.2 Å². The first-order valence-corrected chi connectivity index (χ1v) is 12.6. The second kappa shape index (κ2) is 11.4. The van der Waals surface area contributed by atoms with E-state index in [0.717, 1.165) is 22.6 Å². The summed E-state index contributed by atoms with van der Waals surface area (Å²) in [5.74, 6) is -0.222. The van der Waals surface area contributed by atoms with Crippen molar-refractivity contribution in [1.82, 2.24) is 4.90 Å². The summed E-state index contributed by atoms with van der Waals surface area (Å²) in [5, 5.41) is 11.4. The van der Waals surface area contributed by atoms with Crippen LogP contribution in [0, 0.1) is 0 Å². The van der Waals surface area contributed by atoms with Gasteiger partial charge in [0.25, 0.3) is 11.7 Å². The second-order valence-corrected chi connectivity index (χ2v) is 9.77. The molecule has 1 unspecified atom stereocenters. The maximum absolute atomic E-state index is 13.4. The van der Waals surface area contributed by atoms with Crippen molar-refractivity contribution in [3.8, 4) is 11.5 Å². The number of aliphatic hydroxyl groups excluding tert-OH is 1. The monoisotopic (exact) mass is 514 g/mol. The first-order valence-electron chi connectivity index (χ1n) is 12.6. The standard InChI is InChI=1S/C31H34N2O5/c1-20(2)38-26-8-6-7-23(19-26)29(34)27-28(22-11-13-24(14-12-22)32(3)4)33(31(36)30(27)35)18-17-21-9-15-25(37-5)16-10-21/h6-16,19-20,28,34H,17-18H2,1-5H3/b29-27-. The van der Waals surface area contributed by atoms with Crippen LogP contribution < -0.4 is 14.4 Å². The van der Waals surface area contributed by atoms with Crippen molar-refractivity contribution in [1.29, 1.82) is 0 Å². The molecule has 1 heterocycles. The van der Waals surface area contributed by atoms with Crippen molar-refractivity contribution in [3.63, 3.8) is 0 Å². The van der Waals surface area contributed by atoms with Gasteiger partial charge in [-0.25, -0.2) is 0 Å². The van der Waals surface area contributed by atoms with E-state index in [1.54, 1.807) is 36.3 Å². The molecule has 1 saturated heterocycles. The van der Waals surface area contributed by atoms with E-state index in [1.165, 1.54) is 0 Å². The first-order chi connectivity index (χ1) is 18.2. The van der Waals surface area contributed by atoms with Gasteiger partial charge >= 0.3 is 0 Å². The number of methoxy groups -OCH3 is 1. The summed E-state index contributed by atoms with van der Waals surface area (Å²) < 4.78 is 11.0. The molecule has 0 radical (unpaired) electrons. The molecule has 1 amide bonds. The minimum atomic E-state index is -0.723. The Hall–Kier alpha value is -4.26. The molecule has 1 atom stereocenters. The van der Waals surface area contributed by atoms with Crippen LogP contribution in [0.3, 0.4) is 0 Å². The summed E-state index contributed by atoms with van der Waals surface area (Å²) in [4.78, 5) is 30.2. The van der Waals surface area contributed by atoms with Crippen molar-refractivity contribution in [2.24, 2.45) is 0 Å². The van der Waals surface area contributed by atoms with Crippen molar-refractivity contribution in [3.05, 3.63) is 95.1 Å². The lowest BCUT2D eigenvalue weighted by Crippen LogP contribution is -2.31. The minimum Gasteiger partial charge on any atom is -0.507 e. The number of amides is 1. The van der Waals surface area contributed by atoms with Crippen LogP contribution in [0.4, 0.5) is 5.69 Å². The summed E-state index contributed by atoms with van der Waals surface area (Å²) >= 11 is 0. The number of aliphatic hydroxyl groups is 1. The second-order valence-electron chi connectivity index (χ2n) is 9.77. The average Bonchev–Trinajstić information content (AvgIpc) is 3.16. The van der Waals surface area contributed by atoms with Gasteiger partial charge in [0, 0.05) is 31.9 Å². The molecule has 0 aliphatic carbocycles. The highest BCUT2D eigenvalue weighted by molar-refractivity contribution is 6.46. The van der Waals surface area contributed by atoms with Crippen LogP contribution in [0.25, 0.3) is 5.76 Å². The van der Waals surface area contributed by atoms with Gasteiger partial charge in [0.1, 0.15) is 17.3 Å². The van der Waals surface area contributed by atoms with E-state index in [1.807, 2.05) is 81.4 Å². The maximum Gasteiger partial charge on any atom is 0.295 e. The van der Waals surface area contributed by atoms with E-state index in [2.05, 4.69) is 0 Å². The average molecular weight is 515 g/mol. The SMILES string of the molecule is COc1ccc(CCN2C(=O)C(=O)/C(=C(\O)c3cccc(OC(C)C)c3)C2c2ccc(N(C)C)cc2)cc1. The predicted octanol–water partition coefficient (Wildman–Crippen LogP) is 5.21. The fraction of sp³-hybridized carbons (Fsp3) is 0.290. The molecular formula is C31H34N2O5. The van der Waals surface area contributed by atoms with Gasteiger partial charge in [0.15, 0.2) is 0 Å². The molecule has 1 fully saturated rings. The van der Waals surface area contributed by atoms with Gasteiger partial charge in [0.2, 0.25) is 0 Å². The third-order valence-corrected chi connectivity index (χ3v) is 6.54. The molecule has 4 rings (SSSR count). The van der Waals surface area contributed by atoms with Crippen LogP contribution in [0.2, 0.25) is 0 Å². The van der Waals surface area contributed by atoms with Gasteiger partial charge in [0.05, 0.1) is 24.8 Å². The van der Waals surface area contributed by atoms with Gasteiger partial charge in [-0.15, -0.1) is 0 Å². The molecular weight excluding hydrogens is 480 g/mol. The number of hydrogen-bond donors (Lipinski definition) is 1. The summed E-state index contributed by atoms with van der Waals surface area (Å²) in [7, 11) is 5.50. The Labute approximate surface area is 223 Å². The molecule has 0 saturated carbocycles. The smallest absolute Gasteiger partial charge is 0.295 e. The Morgan fingerprint density at radius 1 is 0.974 bits per heavy atom. The minimum absolute atomic E-state index is 0.0499. The van der Waals surface area contributed by atoms with Crippen LogP contribution >= 0.6 is 0 Å². The lowest BCUT2D eigenvalue weighted by molar-refractivity contribution is -0.139. The number of ether oxygens (including phenoxy) is 2. The van der Waals surface area contributed by atoms with Crippen LogP contribution in [-0.2, 0) is 16.0 Å². The van der Waals surface area contributed by atoms with E-state index >= 15 is 0 Å². The van der Waals surface area contributed by atoms with Crippen LogP contribution in [0.1, 0.15) is 36.6 Å². The molecule has 0 spiro atoms. The molecule has 7 nitrogen and oxygen atoms in total. The topological polar surface area (TPSA) is 79.3 Å². The Morgan fingerprint density at radius 2 is 1.66 bits per heavy atom. The summed E-state index contributed by atoms with van der Waals surface area (Å²) in [6.07, 6.45) is 0.493. The Morgan fingerprint density at radius 3 is 2.26 bits per heavy atom. The van der Waals surface area contributed by atoms with Crippen molar-refractivity contribution >= 4 is 23.1 Å². The van der Waals surface area contributed by atoms with Gasteiger partial charge in [-0.05, 0) is 67.8 Å². The van der Waals surface area contributed by atoms with Gasteiger partial charge in [-0.3, -0.25) is 9.59 Å². The Kier molecular flexibility index (Phi) is 8.05. The summed E-state index contributed by atoms with van der Waals surface area (Å²) in [6.45, 7) is 4.14. The van der Waals surface area contributed by atoms with Crippen LogP contribution in [0.15, 0.2) is 78.4 Å².